The van der Waals surface area contributed by atoms with Crippen molar-refractivity contribution in [2.45, 2.75) is 10.9 Å². The van der Waals surface area contributed by atoms with E-state index in [1.165, 1.54) is 34.4 Å². The number of thiazole rings is 1. The van der Waals surface area contributed by atoms with Crippen LogP contribution < -0.4 is 20.1 Å². The molecule has 2 aromatic carbocycles. The maximum atomic E-state index is 12.4. The molecule has 0 unspecified atom stereocenters. The minimum absolute atomic E-state index is 0.136. The van der Waals surface area contributed by atoms with Crippen LogP contribution in [0.5, 0.6) is 11.5 Å². The van der Waals surface area contributed by atoms with Crippen LogP contribution in [0.4, 0.5) is 5.13 Å². The normalized spacial score (nSPS) is 12.1. The predicted molar refractivity (Wildman–Crippen MR) is 123 cm³/mol. The lowest BCUT2D eigenvalue weighted by atomic mass is 10.2. The first kappa shape index (κ1) is 20.7. The molecule has 0 spiro atoms. The fourth-order valence-electron chi connectivity index (χ4n) is 2.87. The summed E-state index contributed by atoms with van der Waals surface area (Å²) in [5.74, 6) is 1.10. The zero-order valence-corrected chi connectivity index (χ0v) is 18.8. The van der Waals surface area contributed by atoms with Gasteiger partial charge in [-0.25, -0.2) is 4.98 Å². The zero-order valence-electron chi connectivity index (χ0n) is 16.4. The Balaban J connectivity index is 1.11. The molecule has 0 saturated carbocycles. The molecule has 9 nitrogen and oxygen atoms in total. The molecule has 0 saturated heterocycles. The van der Waals surface area contributed by atoms with Gasteiger partial charge in [-0.1, -0.05) is 41.3 Å². The number of amides is 2. The van der Waals surface area contributed by atoms with E-state index in [4.69, 9.17) is 9.47 Å². The van der Waals surface area contributed by atoms with Crippen molar-refractivity contribution in [2.75, 3.05) is 17.9 Å². The first-order valence-electron chi connectivity index (χ1n) is 9.42. The van der Waals surface area contributed by atoms with E-state index in [1.54, 1.807) is 0 Å². The van der Waals surface area contributed by atoms with Gasteiger partial charge in [0.15, 0.2) is 20.8 Å². The van der Waals surface area contributed by atoms with Crippen LogP contribution in [0.1, 0.15) is 15.4 Å². The van der Waals surface area contributed by atoms with Gasteiger partial charge in [0.1, 0.15) is 0 Å². The first-order valence-corrected chi connectivity index (χ1v) is 12.0. The van der Waals surface area contributed by atoms with Crippen LogP contribution in [0.2, 0.25) is 0 Å². The number of benzene rings is 2. The Morgan fingerprint density at radius 2 is 1.94 bits per heavy atom. The number of para-hydroxylation sites is 1. The Kier molecular flexibility index (Phi) is 5.88. The SMILES string of the molecule is O=C(CSc1nnc(NC(=O)c2nc3ccccc3s2)s1)NCc1ccc2c(c1)OCO2. The number of carbonyl (C=O) groups excluding carboxylic acids is 2. The van der Waals surface area contributed by atoms with Gasteiger partial charge in [0.25, 0.3) is 5.91 Å². The number of fused-ring (bicyclic) bond motifs is 2. The second-order valence-electron chi connectivity index (χ2n) is 6.57. The summed E-state index contributed by atoms with van der Waals surface area (Å²) in [7, 11) is 0. The van der Waals surface area contributed by atoms with Crippen LogP contribution >= 0.6 is 34.4 Å². The molecule has 0 radical (unpaired) electrons. The third-order valence-electron chi connectivity index (χ3n) is 4.37. The Labute approximate surface area is 194 Å². The third kappa shape index (κ3) is 4.66. The number of nitrogens with one attached hydrogen (secondary N) is 2. The molecular formula is C20H15N5O4S3. The van der Waals surface area contributed by atoms with Crippen molar-refractivity contribution in [3.05, 3.63) is 53.0 Å². The molecule has 1 aliphatic rings. The quantitative estimate of drug-likeness (QED) is 0.302. The molecular weight excluding hydrogens is 470 g/mol. The van der Waals surface area contributed by atoms with Crippen molar-refractivity contribution in [1.29, 1.82) is 0 Å². The van der Waals surface area contributed by atoms with E-state index in [1.807, 2.05) is 42.5 Å². The number of anilines is 1. The maximum Gasteiger partial charge on any atom is 0.286 e. The largest absolute Gasteiger partial charge is 0.454 e. The van der Waals surface area contributed by atoms with Gasteiger partial charge in [0, 0.05) is 6.54 Å². The topological polar surface area (TPSA) is 115 Å². The van der Waals surface area contributed by atoms with Crippen molar-refractivity contribution in [3.63, 3.8) is 0 Å². The number of hydrogen-bond acceptors (Lipinski definition) is 10. The minimum Gasteiger partial charge on any atom is -0.454 e. The van der Waals surface area contributed by atoms with Crippen molar-refractivity contribution < 1.29 is 19.1 Å². The van der Waals surface area contributed by atoms with Crippen molar-refractivity contribution in [3.8, 4) is 11.5 Å². The van der Waals surface area contributed by atoms with Crippen molar-refractivity contribution >= 4 is 61.6 Å². The molecule has 4 aromatic rings. The summed E-state index contributed by atoms with van der Waals surface area (Å²) in [6.07, 6.45) is 0. The zero-order chi connectivity index (χ0) is 21.9. The standard InChI is InChI=1S/C20H15N5O4S3/c26-16(21-8-11-5-6-13-14(7-11)29-10-28-13)9-30-20-25-24-19(32-20)23-17(27)18-22-12-3-1-2-4-15(12)31-18/h1-7H,8-10H2,(H,21,26)(H,23,24,27). The Hall–Kier alpha value is -3.22. The number of thioether (sulfide) groups is 1. The number of aromatic nitrogens is 3. The molecule has 32 heavy (non-hydrogen) atoms. The fraction of sp³-hybridized carbons (Fsp3) is 0.150. The molecule has 2 N–H and O–H groups in total. The number of hydrogen-bond donors (Lipinski definition) is 2. The summed E-state index contributed by atoms with van der Waals surface area (Å²) >= 11 is 3.78. The lowest BCUT2D eigenvalue weighted by Crippen LogP contribution is -2.24. The van der Waals surface area contributed by atoms with Gasteiger partial charge in [-0.05, 0) is 29.8 Å². The van der Waals surface area contributed by atoms with Gasteiger partial charge in [-0.2, -0.15) is 0 Å². The van der Waals surface area contributed by atoms with E-state index in [9.17, 15) is 9.59 Å². The summed E-state index contributed by atoms with van der Waals surface area (Å²) < 4.78 is 12.1. The molecule has 3 heterocycles. The smallest absolute Gasteiger partial charge is 0.286 e. The summed E-state index contributed by atoms with van der Waals surface area (Å²) in [5, 5.41) is 14.3. The highest BCUT2D eigenvalue weighted by Gasteiger charge is 2.16. The second kappa shape index (κ2) is 9.10. The van der Waals surface area contributed by atoms with Crippen LogP contribution in [-0.4, -0.2) is 39.5 Å². The van der Waals surface area contributed by atoms with Crippen LogP contribution in [0.3, 0.4) is 0 Å². The van der Waals surface area contributed by atoms with E-state index in [0.717, 1.165) is 15.8 Å². The Bertz CT molecular complexity index is 1270. The molecule has 5 rings (SSSR count). The molecule has 2 aromatic heterocycles. The van der Waals surface area contributed by atoms with Crippen molar-refractivity contribution in [1.82, 2.24) is 20.5 Å². The van der Waals surface area contributed by atoms with Crippen molar-refractivity contribution in [2.24, 2.45) is 0 Å². The van der Waals surface area contributed by atoms with Crippen LogP contribution in [-0.2, 0) is 11.3 Å². The Morgan fingerprint density at radius 3 is 2.84 bits per heavy atom. The lowest BCUT2D eigenvalue weighted by Gasteiger charge is -2.05. The monoisotopic (exact) mass is 485 g/mol. The predicted octanol–water partition coefficient (Wildman–Crippen LogP) is 3.54. The number of nitrogens with zero attached hydrogens (tertiary/aromatic N) is 3. The highest BCUT2D eigenvalue weighted by atomic mass is 32.2. The van der Waals surface area contributed by atoms with E-state index >= 15 is 0 Å². The van der Waals surface area contributed by atoms with Crippen LogP contribution in [0.15, 0.2) is 46.8 Å². The summed E-state index contributed by atoms with van der Waals surface area (Å²) in [5.41, 5.74) is 1.70. The molecule has 162 valence electrons. The van der Waals surface area contributed by atoms with E-state index in [-0.39, 0.29) is 24.4 Å². The van der Waals surface area contributed by atoms with Gasteiger partial charge < -0.3 is 14.8 Å². The summed E-state index contributed by atoms with van der Waals surface area (Å²) in [4.78, 5) is 28.9. The molecule has 0 fully saturated rings. The minimum atomic E-state index is -0.333. The molecule has 2 amide bonds. The number of ether oxygens (including phenoxy) is 2. The number of carbonyl (C=O) groups is 2. The average molecular weight is 486 g/mol. The average Bonchev–Trinajstić information content (AvgIpc) is 3.54. The van der Waals surface area contributed by atoms with Gasteiger partial charge >= 0.3 is 0 Å². The van der Waals surface area contributed by atoms with E-state index < -0.39 is 0 Å². The van der Waals surface area contributed by atoms with Gasteiger partial charge in [0.2, 0.25) is 17.8 Å². The van der Waals surface area contributed by atoms with Crippen LogP contribution in [0, 0.1) is 0 Å². The molecule has 0 atom stereocenters. The first-order chi connectivity index (χ1) is 15.6. The summed E-state index contributed by atoms with van der Waals surface area (Å²) in [6, 6.07) is 13.1. The van der Waals surface area contributed by atoms with E-state index in [2.05, 4.69) is 25.8 Å². The summed E-state index contributed by atoms with van der Waals surface area (Å²) in [6.45, 7) is 0.600. The van der Waals surface area contributed by atoms with Crippen LogP contribution in [0.25, 0.3) is 10.2 Å². The van der Waals surface area contributed by atoms with Gasteiger partial charge in [-0.15, -0.1) is 21.5 Å². The fourth-order valence-corrected chi connectivity index (χ4v) is 5.31. The molecule has 12 heteroatoms. The van der Waals surface area contributed by atoms with Gasteiger partial charge in [0.05, 0.1) is 16.0 Å². The van der Waals surface area contributed by atoms with Gasteiger partial charge in [-0.3, -0.25) is 14.9 Å². The molecule has 1 aliphatic heterocycles. The molecule has 0 bridgehead atoms. The third-order valence-corrected chi connectivity index (χ3v) is 7.38. The highest BCUT2D eigenvalue weighted by Crippen LogP contribution is 2.32. The molecule has 0 aliphatic carbocycles. The Morgan fingerprint density at radius 1 is 1.06 bits per heavy atom. The maximum absolute atomic E-state index is 12.4. The van der Waals surface area contributed by atoms with E-state index in [0.29, 0.717) is 32.5 Å². The second-order valence-corrected chi connectivity index (χ2v) is 9.80. The number of rotatable bonds is 7. The lowest BCUT2D eigenvalue weighted by molar-refractivity contribution is -0.118. The highest BCUT2D eigenvalue weighted by molar-refractivity contribution is 8.01.